The molecule has 7 nitrogen and oxygen atoms in total. The van der Waals surface area contributed by atoms with Gasteiger partial charge in [0.25, 0.3) is 5.91 Å². The number of H-pyrrole nitrogens is 1. The van der Waals surface area contributed by atoms with Crippen LogP contribution >= 0.6 is 0 Å². The molecule has 0 spiro atoms. The lowest BCUT2D eigenvalue weighted by atomic mass is 9.75. The van der Waals surface area contributed by atoms with Crippen molar-refractivity contribution in [1.82, 2.24) is 14.9 Å². The zero-order chi connectivity index (χ0) is 24.7. The number of nitrogens with zero attached hydrogens (tertiary/aromatic N) is 2. The van der Waals surface area contributed by atoms with E-state index < -0.39 is 12.2 Å². The van der Waals surface area contributed by atoms with Gasteiger partial charge in [0.1, 0.15) is 0 Å². The molecular formula is C27H38N4O3. The average Bonchev–Trinajstić information content (AvgIpc) is 3.32. The second kappa shape index (κ2) is 9.29. The second-order valence-electron chi connectivity index (χ2n) is 11.4. The minimum atomic E-state index is -0.690. The monoisotopic (exact) mass is 466 g/mol. The number of aromatic amines is 1. The van der Waals surface area contributed by atoms with E-state index in [1.807, 2.05) is 13.0 Å². The predicted octanol–water partition coefficient (Wildman–Crippen LogP) is 3.88. The Morgan fingerprint density at radius 3 is 2.56 bits per heavy atom. The molecule has 1 amide bonds. The number of anilines is 1. The van der Waals surface area contributed by atoms with Gasteiger partial charge in [0.15, 0.2) is 5.82 Å². The number of hydrogen-bond acceptors (Lipinski definition) is 5. The fraction of sp³-hybridized carbons (Fsp3) is 0.556. The molecule has 4 N–H and O–H groups in total. The number of rotatable bonds is 6. The van der Waals surface area contributed by atoms with Crippen LogP contribution in [-0.2, 0) is 5.41 Å². The van der Waals surface area contributed by atoms with Crippen LogP contribution in [0, 0.1) is 12.3 Å². The second-order valence-corrected chi connectivity index (χ2v) is 11.4. The fourth-order valence-corrected chi connectivity index (χ4v) is 5.00. The molecule has 34 heavy (non-hydrogen) atoms. The molecule has 2 heterocycles. The Morgan fingerprint density at radius 2 is 1.97 bits per heavy atom. The van der Waals surface area contributed by atoms with Crippen molar-refractivity contribution in [2.75, 3.05) is 25.0 Å². The number of amides is 1. The summed E-state index contributed by atoms with van der Waals surface area (Å²) in [7, 11) is 0. The maximum atomic E-state index is 12.9. The van der Waals surface area contributed by atoms with Crippen molar-refractivity contribution in [1.29, 1.82) is 0 Å². The molecule has 2 aromatic rings. The van der Waals surface area contributed by atoms with Crippen LogP contribution < -0.4 is 5.32 Å². The van der Waals surface area contributed by atoms with Crippen molar-refractivity contribution in [3.05, 3.63) is 53.1 Å². The molecule has 0 bridgehead atoms. The zero-order valence-electron chi connectivity index (χ0n) is 21.0. The number of benzene rings is 1. The third-order valence-corrected chi connectivity index (χ3v) is 7.24. The van der Waals surface area contributed by atoms with Gasteiger partial charge in [-0.15, -0.1) is 0 Å². The summed E-state index contributed by atoms with van der Waals surface area (Å²) < 4.78 is 0. The summed E-state index contributed by atoms with van der Waals surface area (Å²) in [5.74, 6) is 0.0518. The SMILES string of the molecule is Cc1cnc(C(=O)Nc2ccc(C(C)(C)CN3C[C@@H](O)[C@@H](O)C3)cc2C2=CCC(C)(C)CC2)[nH]1. The van der Waals surface area contributed by atoms with Gasteiger partial charge in [0.2, 0.25) is 0 Å². The molecule has 7 heteroatoms. The van der Waals surface area contributed by atoms with Crippen LogP contribution in [0.25, 0.3) is 5.57 Å². The predicted molar refractivity (Wildman–Crippen MR) is 135 cm³/mol. The van der Waals surface area contributed by atoms with Crippen LogP contribution in [0.1, 0.15) is 74.4 Å². The smallest absolute Gasteiger partial charge is 0.291 e. The summed E-state index contributed by atoms with van der Waals surface area (Å²) >= 11 is 0. The number of aryl methyl sites for hydroxylation is 1. The Kier molecular flexibility index (Phi) is 6.73. The highest BCUT2D eigenvalue weighted by Gasteiger charge is 2.34. The number of aromatic nitrogens is 2. The topological polar surface area (TPSA) is 101 Å². The first-order chi connectivity index (χ1) is 15.9. The Labute approximate surface area is 202 Å². The molecular weight excluding hydrogens is 428 g/mol. The number of carbonyl (C=O) groups is 1. The van der Waals surface area contributed by atoms with Crippen molar-refractivity contribution < 1.29 is 15.0 Å². The van der Waals surface area contributed by atoms with Gasteiger partial charge < -0.3 is 20.5 Å². The maximum Gasteiger partial charge on any atom is 0.291 e. The minimum Gasteiger partial charge on any atom is -0.389 e. The van der Waals surface area contributed by atoms with Crippen LogP contribution in [0.15, 0.2) is 30.5 Å². The molecule has 1 aliphatic carbocycles. The Bertz CT molecular complexity index is 1080. The Balaban J connectivity index is 1.64. The molecule has 4 rings (SSSR count). The first-order valence-corrected chi connectivity index (χ1v) is 12.2. The Hall–Kier alpha value is -2.48. The third-order valence-electron chi connectivity index (χ3n) is 7.24. The van der Waals surface area contributed by atoms with Crippen molar-refractivity contribution in [2.24, 2.45) is 5.41 Å². The highest BCUT2D eigenvalue weighted by Crippen LogP contribution is 2.41. The first kappa shape index (κ1) is 24.6. The highest BCUT2D eigenvalue weighted by atomic mass is 16.3. The maximum absolute atomic E-state index is 12.9. The van der Waals surface area contributed by atoms with Gasteiger partial charge >= 0.3 is 0 Å². The van der Waals surface area contributed by atoms with Gasteiger partial charge in [-0.25, -0.2) is 4.98 Å². The number of imidazole rings is 1. The number of carbonyl (C=O) groups excluding carboxylic acids is 1. The highest BCUT2D eigenvalue weighted by molar-refractivity contribution is 6.03. The summed E-state index contributed by atoms with van der Waals surface area (Å²) in [6.45, 7) is 12.5. The summed E-state index contributed by atoms with van der Waals surface area (Å²) in [6.07, 6.45) is 5.65. The van der Waals surface area contributed by atoms with Crippen LogP contribution in [-0.4, -0.2) is 62.8 Å². The molecule has 2 aliphatic rings. The molecule has 1 aliphatic heterocycles. The number of aliphatic hydroxyl groups excluding tert-OH is 2. The van der Waals surface area contributed by atoms with Crippen LogP contribution in [0.4, 0.5) is 5.69 Å². The molecule has 1 fully saturated rings. The van der Waals surface area contributed by atoms with E-state index in [9.17, 15) is 15.0 Å². The average molecular weight is 467 g/mol. The molecule has 0 saturated carbocycles. The van der Waals surface area contributed by atoms with Crippen molar-refractivity contribution >= 4 is 17.2 Å². The van der Waals surface area contributed by atoms with E-state index in [2.05, 4.69) is 66.1 Å². The first-order valence-electron chi connectivity index (χ1n) is 12.2. The Morgan fingerprint density at radius 1 is 1.26 bits per heavy atom. The van der Waals surface area contributed by atoms with Crippen LogP contribution in [0.2, 0.25) is 0 Å². The summed E-state index contributed by atoms with van der Waals surface area (Å²) in [5, 5.41) is 23.0. The van der Waals surface area contributed by atoms with E-state index in [1.54, 1.807) is 6.20 Å². The number of likely N-dealkylation sites (tertiary alicyclic amines) is 1. The van der Waals surface area contributed by atoms with E-state index in [0.717, 1.165) is 48.3 Å². The molecule has 2 atom stereocenters. The van der Waals surface area contributed by atoms with Gasteiger partial charge in [-0.2, -0.15) is 0 Å². The van der Waals surface area contributed by atoms with E-state index in [-0.39, 0.29) is 16.7 Å². The van der Waals surface area contributed by atoms with E-state index in [1.165, 1.54) is 5.57 Å². The molecule has 0 unspecified atom stereocenters. The van der Waals surface area contributed by atoms with Gasteiger partial charge in [-0.05, 0) is 54.9 Å². The number of aliphatic hydroxyl groups is 2. The molecule has 1 saturated heterocycles. The summed E-state index contributed by atoms with van der Waals surface area (Å²) in [5.41, 5.74) is 5.19. The number of β-amino-alcohol motifs (C(OH)–C–C–N with tert-alkyl or cyclic N) is 2. The standard InChI is InChI=1S/C27H38N4O3/c1-17-13-28-24(29-17)25(34)30-21-7-6-19(12-20(21)18-8-10-26(2,3)11-9-18)27(4,5)16-31-14-22(32)23(33)15-31/h6-8,12-13,22-23,32-33H,9-11,14-16H2,1-5H3,(H,28,29)(H,30,34)/t22-,23+. The fourth-order valence-electron chi connectivity index (χ4n) is 5.00. The molecule has 184 valence electrons. The molecule has 1 aromatic carbocycles. The quantitative estimate of drug-likeness (QED) is 0.518. The number of nitrogens with one attached hydrogen (secondary N) is 2. The lowest BCUT2D eigenvalue weighted by molar-refractivity contribution is 0.0572. The van der Waals surface area contributed by atoms with Gasteiger partial charge in [-0.1, -0.05) is 39.8 Å². The normalized spacial score (nSPS) is 23.1. The number of allylic oxidation sites excluding steroid dienone is 2. The van der Waals surface area contributed by atoms with E-state index in [0.29, 0.717) is 18.9 Å². The van der Waals surface area contributed by atoms with E-state index >= 15 is 0 Å². The van der Waals surface area contributed by atoms with Crippen molar-refractivity contribution in [2.45, 2.75) is 71.5 Å². The zero-order valence-corrected chi connectivity index (χ0v) is 21.0. The van der Waals surface area contributed by atoms with Crippen molar-refractivity contribution in [3.8, 4) is 0 Å². The largest absolute Gasteiger partial charge is 0.389 e. The summed E-state index contributed by atoms with van der Waals surface area (Å²) in [6, 6.07) is 6.27. The lowest BCUT2D eigenvalue weighted by Crippen LogP contribution is -2.36. The van der Waals surface area contributed by atoms with Crippen LogP contribution in [0.3, 0.4) is 0 Å². The molecule has 0 radical (unpaired) electrons. The minimum absolute atomic E-state index is 0.201. The van der Waals surface area contributed by atoms with Gasteiger partial charge in [0.05, 0.1) is 12.2 Å². The van der Waals surface area contributed by atoms with Crippen molar-refractivity contribution in [3.63, 3.8) is 0 Å². The van der Waals surface area contributed by atoms with E-state index in [4.69, 9.17) is 0 Å². The summed E-state index contributed by atoms with van der Waals surface area (Å²) in [4.78, 5) is 22.2. The lowest BCUT2D eigenvalue weighted by Gasteiger charge is -2.33. The number of hydrogen-bond donors (Lipinski definition) is 4. The molecule has 1 aromatic heterocycles. The van der Waals surface area contributed by atoms with Gasteiger partial charge in [0, 0.05) is 48.2 Å². The third kappa shape index (κ3) is 5.43. The van der Waals surface area contributed by atoms with Crippen LogP contribution in [0.5, 0.6) is 0 Å². The van der Waals surface area contributed by atoms with Gasteiger partial charge in [-0.3, -0.25) is 9.69 Å².